The van der Waals surface area contributed by atoms with Crippen LogP contribution in [0, 0.1) is 6.92 Å². The highest BCUT2D eigenvalue weighted by Gasteiger charge is 2.21. The molecule has 3 aromatic carbocycles. The van der Waals surface area contributed by atoms with Gasteiger partial charge >= 0.3 is 0 Å². The maximum Gasteiger partial charge on any atom is 0.255 e. The molecule has 186 valence electrons. The molecule has 0 fully saturated rings. The molecule has 0 atom stereocenters. The molecule has 0 aliphatic rings. The van der Waals surface area contributed by atoms with Crippen molar-refractivity contribution in [2.75, 3.05) is 12.4 Å². The van der Waals surface area contributed by atoms with Gasteiger partial charge in [-0.3, -0.25) is 4.79 Å². The highest BCUT2D eigenvalue weighted by atomic mass is 35.5. The quantitative estimate of drug-likeness (QED) is 0.270. The number of anilines is 1. The zero-order chi connectivity index (χ0) is 25.8. The van der Waals surface area contributed by atoms with Crippen molar-refractivity contribution in [2.24, 2.45) is 0 Å². The van der Waals surface area contributed by atoms with E-state index in [0.29, 0.717) is 35.0 Å². The Labute approximate surface area is 220 Å². The molecule has 37 heavy (non-hydrogen) atoms. The van der Waals surface area contributed by atoms with Gasteiger partial charge < -0.3 is 15.4 Å². The molecule has 8 heteroatoms. The number of nitrogens with zero attached hydrogens (tertiary/aromatic N) is 3. The Morgan fingerprint density at radius 3 is 2.32 bits per heavy atom. The molecule has 1 amide bonds. The van der Waals surface area contributed by atoms with Gasteiger partial charge in [0.25, 0.3) is 5.91 Å². The Morgan fingerprint density at radius 2 is 1.62 bits per heavy atom. The average molecular weight is 512 g/mol. The second-order valence-corrected chi connectivity index (χ2v) is 9.03. The van der Waals surface area contributed by atoms with Gasteiger partial charge in [-0.15, -0.1) is 0 Å². The van der Waals surface area contributed by atoms with Crippen molar-refractivity contribution < 1.29 is 9.53 Å². The molecule has 0 radical (unpaired) electrons. The topological polar surface area (TPSA) is 81.1 Å². The molecular weight excluding hydrogens is 486 g/mol. The van der Waals surface area contributed by atoms with Gasteiger partial charge in [-0.25, -0.2) is 9.67 Å². The lowest BCUT2D eigenvalue weighted by atomic mass is 10.1. The monoisotopic (exact) mass is 511 g/mol. The molecule has 0 aliphatic carbocycles. The summed E-state index contributed by atoms with van der Waals surface area (Å²) >= 11 is 6.06. The molecule has 0 aliphatic heterocycles. The van der Waals surface area contributed by atoms with Gasteiger partial charge in [-0.1, -0.05) is 54.1 Å². The number of pyridine rings is 1. The summed E-state index contributed by atoms with van der Waals surface area (Å²) in [7, 11) is 1.63. The summed E-state index contributed by atoms with van der Waals surface area (Å²) in [6.45, 7) is 2.81. The molecule has 0 spiro atoms. The van der Waals surface area contributed by atoms with Crippen molar-refractivity contribution in [1.82, 2.24) is 20.1 Å². The van der Waals surface area contributed by atoms with E-state index in [1.165, 1.54) is 0 Å². The van der Waals surface area contributed by atoms with Crippen LogP contribution in [0.2, 0.25) is 5.02 Å². The average Bonchev–Trinajstić information content (AvgIpc) is 3.28. The molecule has 7 nitrogen and oxygen atoms in total. The third kappa shape index (κ3) is 5.27. The van der Waals surface area contributed by atoms with Crippen molar-refractivity contribution in [1.29, 1.82) is 0 Å². The van der Waals surface area contributed by atoms with Crippen LogP contribution in [-0.4, -0.2) is 27.8 Å². The highest BCUT2D eigenvalue weighted by molar-refractivity contribution is 6.30. The molecule has 0 unspecified atom stereocenters. The molecule has 2 heterocycles. The third-order valence-electron chi connectivity index (χ3n) is 6.11. The number of carbonyl (C=O) groups excluding carboxylic acids is 1. The van der Waals surface area contributed by atoms with Gasteiger partial charge in [0.05, 0.1) is 35.1 Å². The Kier molecular flexibility index (Phi) is 7.05. The van der Waals surface area contributed by atoms with Crippen LogP contribution in [0.1, 0.15) is 27.2 Å². The number of hydrogen-bond acceptors (Lipinski definition) is 5. The van der Waals surface area contributed by atoms with Gasteiger partial charge in [0.15, 0.2) is 5.65 Å². The van der Waals surface area contributed by atoms with E-state index in [0.717, 1.165) is 33.6 Å². The minimum Gasteiger partial charge on any atom is -0.497 e. The van der Waals surface area contributed by atoms with E-state index >= 15 is 0 Å². The van der Waals surface area contributed by atoms with Gasteiger partial charge in [-0.05, 0) is 54.4 Å². The van der Waals surface area contributed by atoms with E-state index in [1.807, 2.05) is 85.8 Å². The largest absolute Gasteiger partial charge is 0.497 e. The Balaban J connectivity index is 1.50. The van der Waals surface area contributed by atoms with E-state index in [4.69, 9.17) is 21.4 Å². The summed E-state index contributed by atoms with van der Waals surface area (Å²) in [4.78, 5) is 18.1. The lowest BCUT2D eigenvalue weighted by Gasteiger charge is -2.14. The van der Waals surface area contributed by atoms with Crippen LogP contribution in [0.4, 0.5) is 5.69 Å². The molecule has 0 bridgehead atoms. The number of hydrogen-bond donors (Lipinski definition) is 2. The lowest BCUT2D eigenvalue weighted by molar-refractivity contribution is 0.0951. The second-order valence-electron chi connectivity index (χ2n) is 8.59. The number of fused-ring (bicyclic) bond motifs is 1. The Bertz CT molecular complexity index is 1530. The fourth-order valence-corrected chi connectivity index (χ4v) is 4.30. The number of amides is 1. The smallest absolute Gasteiger partial charge is 0.255 e. The standard InChI is InChI=1S/C29H26ClN5O2/c1-19-26-27(31-16-20-8-12-22(30)13-9-20)25(29(36)33-17-21-10-14-24(37-2)15-11-21)18-32-28(26)35(34-19)23-6-4-3-5-7-23/h3-15,18H,16-17H2,1-2H3,(H,31,32)(H,33,36). The summed E-state index contributed by atoms with van der Waals surface area (Å²) in [5, 5.41) is 12.7. The number of ether oxygens (including phenoxy) is 1. The number of rotatable bonds is 8. The predicted octanol–water partition coefficient (Wildman–Crippen LogP) is 5.93. The second kappa shape index (κ2) is 10.7. The minimum absolute atomic E-state index is 0.226. The number of methoxy groups -OCH3 is 1. The lowest BCUT2D eigenvalue weighted by Crippen LogP contribution is -2.24. The van der Waals surface area contributed by atoms with E-state index in [2.05, 4.69) is 15.6 Å². The van der Waals surface area contributed by atoms with Crippen LogP contribution < -0.4 is 15.4 Å². The first-order chi connectivity index (χ1) is 18.0. The Morgan fingerprint density at radius 1 is 0.946 bits per heavy atom. The zero-order valence-corrected chi connectivity index (χ0v) is 21.3. The molecule has 5 rings (SSSR count). The normalized spacial score (nSPS) is 10.9. The number of nitrogens with one attached hydrogen (secondary N) is 2. The maximum atomic E-state index is 13.4. The summed E-state index contributed by atoms with van der Waals surface area (Å²) < 4.78 is 7.02. The zero-order valence-electron chi connectivity index (χ0n) is 20.5. The van der Waals surface area contributed by atoms with Crippen molar-refractivity contribution in [3.63, 3.8) is 0 Å². The summed E-state index contributed by atoms with van der Waals surface area (Å²) in [5.41, 5.74) is 5.48. The molecule has 0 saturated carbocycles. The van der Waals surface area contributed by atoms with Crippen LogP contribution in [-0.2, 0) is 13.1 Å². The van der Waals surface area contributed by atoms with Crippen molar-refractivity contribution in [2.45, 2.75) is 20.0 Å². The summed E-state index contributed by atoms with van der Waals surface area (Å²) in [6.07, 6.45) is 1.61. The number of aryl methyl sites for hydroxylation is 1. The molecule has 0 saturated heterocycles. The van der Waals surface area contributed by atoms with E-state index < -0.39 is 0 Å². The number of para-hydroxylation sites is 1. The summed E-state index contributed by atoms with van der Waals surface area (Å²) in [5.74, 6) is 0.542. The fourth-order valence-electron chi connectivity index (χ4n) is 4.17. The minimum atomic E-state index is -0.226. The van der Waals surface area contributed by atoms with Crippen molar-refractivity contribution in [3.8, 4) is 11.4 Å². The van der Waals surface area contributed by atoms with Crippen molar-refractivity contribution in [3.05, 3.63) is 112 Å². The van der Waals surface area contributed by atoms with E-state index in [9.17, 15) is 4.79 Å². The molecule has 2 aromatic heterocycles. The van der Waals surface area contributed by atoms with Gasteiger partial charge in [0, 0.05) is 24.3 Å². The first-order valence-electron chi connectivity index (χ1n) is 11.9. The number of aromatic nitrogens is 3. The van der Waals surface area contributed by atoms with E-state index in [-0.39, 0.29) is 5.91 Å². The van der Waals surface area contributed by atoms with Crippen LogP contribution in [0.3, 0.4) is 0 Å². The van der Waals surface area contributed by atoms with E-state index in [1.54, 1.807) is 18.0 Å². The molecular formula is C29H26ClN5O2. The molecule has 2 N–H and O–H groups in total. The SMILES string of the molecule is COc1ccc(CNC(=O)c2cnc3c(c(C)nn3-c3ccccc3)c2NCc2ccc(Cl)cc2)cc1. The first kappa shape index (κ1) is 24.3. The van der Waals surface area contributed by atoms with Crippen LogP contribution in [0.15, 0.2) is 85.1 Å². The fraction of sp³-hybridized carbons (Fsp3) is 0.138. The first-order valence-corrected chi connectivity index (χ1v) is 12.2. The number of halogens is 1. The van der Waals surface area contributed by atoms with Crippen LogP contribution >= 0.6 is 11.6 Å². The summed E-state index contributed by atoms with van der Waals surface area (Å²) in [6, 6.07) is 25.0. The number of carbonyl (C=O) groups is 1. The Hall–Kier alpha value is -4.36. The van der Waals surface area contributed by atoms with Gasteiger partial charge in [0.2, 0.25) is 0 Å². The van der Waals surface area contributed by atoms with Crippen LogP contribution in [0.5, 0.6) is 5.75 Å². The third-order valence-corrected chi connectivity index (χ3v) is 6.36. The maximum absolute atomic E-state index is 13.4. The van der Waals surface area contributed by atoms with Gasteiger partial charge in [0.1, 0.15) is 5.75 Å². The van der Waals surface area contributed by atoms with Gasteiger partial charge in [-0.2, -0.15) is 5.10 Å². The predicted molar refractivity (Wildman–Crippen MR) is 147 cm³/mol. The number of benzene rings is 3. The van der Waals surface area contributed by atoms with Crippen molar-refractivity contribution >= 4 is 34.2 Å². The van der Waals surface area contributed by atoms with Crippen LogP contribution in [0.25, 0.3) is 16.7 Å². The highest BCUT2D eigenvalue weighted by Crippen LogP contribution is 2.31. The molecule has 5 aromatic rings.